The Balaban J connectivity index is 2.11. The smallest absolute Gasteiger partial charge is 0.0738 e. The van der Waals surface area contributed by atoms with Gasteiger partial charge in [0.1, 0.15) is 0 Å². The van der Waals surface area contributed by atoms with Crippen LogP contribution in [-0.2, 0) is 6.54 Å². The van der Waals surface area contributed by atoms with Gasteiger partial charge in [0.2, 0.25) is 0 Å². The molecule has 1 heterocycles. The number of benzene rings is 1. The molecule has 4 heteroatoms. The fourth-order valence-electron chi connectivity index (χ4n) is 2.37. The summed E-state index contributed by atoms with van der Waals surface area (Å²) in [5.41, 5.74) is 3.19. The minimum atomic E-state index is 0.386. The molecule has 106 valence electrons. The largest absolute Gasteiger partial charge is 0.310 e. The van der Waals surface area contributed by atoms with Crippen LogP contribution in [0.15, 0.2) is 18.2 Å². The number of rotatable bonds is 4. The van der Waals surface area contributed by atoms with Gasteiger partial charge in [-0.15, -0.1) is 0 Å². The first-order valence-electron chi connectivity index (χ1n) is 7.06. The highest BCUT2D eigenvalue weighted by Crippen LogP contribution is 2.32. The van der Waals surface area contributed by atoms with Crippen LogP contribution in [0.1, 0.15) is 43.9 Å². The van der Waals surface area contributed by atoms with E-state index in [4.69, 9.17) is 28.2 Å². The van der Waals surface area contributed by atoms with Crippen molar-refractivity contribution in [1.82, 2.24) is 10.3 Å². The molecule has 0 atom stereocenters. The Morgan fingerprint density at radius 2 is 2.00 bits per heavy atom. The van der Waals surface area contributed by atoms with Crippen molar-refractivity contribution in [3.8, 4) is 0 Å². The summed E-state index contributed by atoms with van der Waals surface area (Å²) in [6.45, 7) is 5.14. The van der Waals surface area contributed by atoms with E-state index in [9.17, 15) is 0 Å². The van der Waals surface area contributed by atoms with Crippen LogP contribution in [-0.4, -0.2) is 11.0 Å². The molecule has 0 amide bonds. The van der Waals surface area contributed by atoms with Crippen LogP contribution in [0.2, 0.25) is 10.0 Å². The van der Waals surface area contributed by atoms with Crippen LogP contribution in [0.25, 0.3) is 10.9 Å². The Labute approximate surface area is 129 Å². The highest BCUT2D eigenvalue weighted by Gasteiger charge is 2.21. The SMILES string of the molecule is CC(C)c1cc(CNC2CC2)c2c(Cl)cc(Cl)cc2n1. The first-order valence-corrected chi connectivity index (χ1v) is 7.82. The lowest BCUT2D eigenvalue weighted by molar-refractivity contribution is 0.688. The number of nitrogens with zero attached hydrogens (tertiary/aromatic N) is 1. The lowest BCUT2D eigenvalue weighted by Gasteiger charge is -2.14. The Morgan fingerprint density at radius 3 is 2.65 bits per heavy atom. The second-order valence-corrected chi connectivity index (χ2v) is 6.64. The zero-order chi connectivity index (χ0) is 14.3. The summed E-state index contributed by atoms with van der Waals surface area (Å²) in [7, 11) is 0. The normalized spacial score (nSPS) is 15.2. The van der Waals surface area contributed by atoms with Crippen LogP contribution in [0.5, 0.6) is 0 Å². The van der Waals surface area contributed by atoms with E-state index in [-0.39, 0.29) is 0 Å². The van der Waals surface area contributed by atoms with E-state index in [1.165, 1.54) is 18.4 Å². The molecule has 0 radical (unpaired) electrons. The van der Waals surface area contributed by atoms with Crippen molar-refractivity contribution in [2.24, 2.45) is 0 Å². The molecule has 1 fully saturated rings. The number of hydrogen-bond acceptors (Lipinski definition) is 2. The fourth-order valence-corrected chi connectivity index (χ4v) is 2.97. The summed E-state index contributed by atoms with van der Waals surface area (Å²) >= 11 is 12.5. The Morgan fingerprint density at radius 1 is 1.25 bits per heavy atom. The summed E-state index contributed by atoms with van der Waals surface area (Å²) in [6.07, 6.45) is 2.55. The first kappa shape index (κ1) is 14.1. The fraction of sp³-hybridized carbons (Fsp3) is 0.438. The number of nitrogens with one attached hydrogen (secondary N) is 1. The highest BCUT2D eigenvalue weighted by molar-refractivity contribution is 6.38. The van der Waals surface area contributed by atoms with E-state index in [0.717, 1.165) is 23.1 Å². The van der Waals surface area contributed by atoms with E-state index >= 15 is 0 Å². The molecule has 0 bridgehead atoms. The summed E-state index contributed by atoms with van der Waals surface area (Å²) < 4.78 is 0. The number of halogens is 2. The first-order chi connectivity index (χ1) is 9.54. The third kappa shape index (κ3) is 2.93. The highest BCUT2D eigenvalue weighted by atomic mass is 35.5. The van der Waals surface area contributed by atoms with E-state index < -0.39 is 0 Å². The van der Waals surface area contributed by atoms with Gasteiger partial charge in [-0.1, -0.05) is 37.0 Å². The van der Waals surface area contributed by atoms with Crippen molar-refractivity contribution in [3.63, 3.8) is 0 Å². The molecular formula is C16H18Cl2N2. The second kappa shape index (κ2) is 5.51. The van der Waals surface area contributed by atoms with Crippen molar-refractivity contribution < 1.29 is 0 Å². The topological polar surface area (TPSA) is 24.9 Å². The van der Waals surface area contributed by atoms with Gasteiger partial charge in [0.25, 0.3) is 0 Å². The molecule has 2 aromatic rings. The molecule has 2 nitrogen and oxygen atoms in total. The van der Waals surface area contributed by atoms with Crippen LogP contribution in [0.4, 0.5) is 0 Å². The number of pyridine rings is 1. The molecule has 1 aromatic carbocycles. The van der Waals surface area contributed by atoms with Gasteiger partial charge >= 0.3 is 0 Å². The van der Waals surface area contributed by atoms with Crippen LogP contribution in [0.3, 0.4) is 0 Å². The molecule has 1 aliphatic carbocycles. The van der Waals surface area contributed by atoms with Crippen molar-refractivity contribution in [3.05, 3.63) is 39.5 Å². The van der Waals surface area contributed by atoms with E-state index in [2.05, 4.69) is 25.2 Å². The van der Waals surface area contributed by atoms with Crippen molar-refractivity contribution in [2.75, 3.05) is 0 Å². The van der Waals surface area contributed by atoms with Crippen LogP contribution < -0.4 is 5.32 Å². The standard InChI is InChI=1S/C16H18Cl2N2/c1-9(2)14-5-10(8-19-12-3-4-12)16-13(18)6-11(17)7-15(16)20-14/h5-7,9,12,19H,3-4,8H2,1-2H3. The van der Waals surface area contributed by atoms with Crippen LogP contribution in [0, 0.1) is 0 Å². The van der Waals surface area contributed by atoms with Gasteiger partial charge in [0.05, 0.1) is 10.5 Å². The summed E-state index contributed by atoms with van der Waals surface area (Å²) in [5.74, 6) is 0.386. The third-order valence-corrected chi connectivity index (χ3v) is 4.19. The monoisotopic (exact) mass is 308 g/mol. The maximum Gasteiger partial charge on any atom is 0.0738 e. The van der Waals surface area contributed by atoms with E-state index in [1.54, 1.807) is 6.07 Å². The minimum Gasteiger partial charge on any atom is -0.310 e. The molecule has 0 aliphatic heterocycles. The van der Waals surface area contributed by atoms with Crippen molar-refractivity contribution in [2.45, 2.75) is 45.2 Å². The van der Waals surface area contributed by atoms with Gasteiger partial charge in [0, 0.05) is 28.7 Å². The number of aromatic nitrogens is 1. The third-order valence-electron chi connectivity index (χ3n) is 3.68. The van der Waals surface area contributed by atoms with Crippen molar-refractivity contribution in [1.29, 1.82) is 0 Å². The van der Waals surface area contributed by atoms with Gasteiger partial charge in [-0.05, 0) is 42.5 Å². The summed E-state index contributed by atoms with van der Waals surface area (Å²) in [6, 6.07) is 6.53. The second-order valence-electron chi connectivity index (χ2n) is 5.80. The summed E-state index contributed by atoms with van der Waals surface area (Å²) in [5, 5.41) is 5.89. The van der Waals surface area contributed by atoms with E-state index in [1.807, 2.05) is 6.07 Å². The Bertz CT molecular complexity index is 648. The predicted molar refractivity (Wildman–Crippen MR) is 85.7 cm³/mol. The molecule has 20 heavy (non-hydrogen) atoms. The van der Waals surface area contributed by atoms with Gasteiger partial charge in [-0.25, -0.2) is 0 Å². The zero-order valence-electron chi connectivity index (χ0n) is 11.7. The van der Waals surface area contributed by atoms with E-state index in [0.29, 0.717) is 22.0 Å². The van der Waals surface area contributed by atoms with Crippen molar-refractivity contribution >= 4 is 34.1 Å². The Kier molecular flexibility index (Phi) is 3.89. The summed E-state index contributed by atoms with van der Waals surface area (Å²) in [4.78, 5) is 4.70. The lowest BCUT2D eigenvalue weighted by atomic mass is 10.0. The molecule has 1 N–H and O–H groups in total. The zero-order valence-corrected chi connectivity index (χ0v) is 13.2. The van der Waals surface area contributed by atoms with Gasteiger partial charge in [-0.3, -0.25) is 4.98 Å². The average molecular weight is 309 g/mol. The quantitative estimate of drug-likeness (QED) is 0.867. The number of hydrogen-bond donors (Lipinski definition) is 1. The Hall–Kier alpha value is -0.830. The van der Waals surface area contributed by atoms with Crippen LogP contribution >= 0.6 is 23.2 Å². The maximum absolute atomic E-state index is 6.38. The maximum atomic E-state index is 6.38. The lowest BCUT2D eigenvalue weighted by Crippen LogP contribution is -2.16. The average Bonchev–Trinajstić information content (AvgIpc) is 3.18. The molecule has 3 rings (SSSR count). The predicted octanol–water partition coefficient (Wildman–Crippen LogP) is 4.92. The van der Waals surface area contributed by atoms with Gasteiger partial charge in [0.15, 0.2) is 0 Å². The molecular weight excluding hydrogens is 291 g/mol. The molecule has 1 aliphatic rings. The molecule has 0 saturated heterocycles. The molecule has 1 saturated carbocycles. The minimum absolute atomic E-state index is 0.386. The molecule has 0 unspecified atom stereocenters. The molecule has 1 aromatic heterocycles. The van der Waals surface area contributed by atoms with Gasteiger partial charge < -0.3 is 5.32 Å². The van der Waals surface area contributed by atoms with Gasteiger partial charge in [-0.2, -0.15) is 0 Å². The molecule has 0 spiro atoms. The number of fused-ring (bicyclic) bond motifs is 1.